The molecule has 2 atom stereocenters. The van der Waals surface area contributed by atoms with E-state index < -0.39 is 0 Å². The summed E-state index contributed by atoms with van der Waals surface area (Å²) in [6.45, 7) is 4.63. The van der Waals surface area contributed by atoms with E-state index in [4.69, 9.17) is 10.00 Å². The Hall–Kier alpha value is -3.40. The summed E-state index contributed by atoms with van der Waals surface area (Å²) in [7, 11) is 2.14. The van der Waals surface area contributed by atoms with Crippen LogP contribution in [0.1, 0.15) is 34.3 Å². The SMILES string of the molecule is CN1CCC(Oc2ccc(CN3CC[C@H](NC(=O)c4cccc(C#N)c4)C3)c3ccccc23)C1. The van der Waals surface area contributed by atoms with Gasteiger partial charge in [0.2, 0.25) is 0 Å². The lowest BCUT2D eigenvalue weighted by Crippen LogP contribution is -2.37. The summed E-state index contributed by atoms with van der Waals surface area (Å²) in [5.74, 6) is 0.847. The Morgan fingerprint density at radius 1 is 1.06 bits per heavy atom. The maximum absolute atomic E-state index is 12.7. The van der Waals surface area contributed by atoms with Crippen molar-refractivity contribution in [2.75, 3.05) is 33.2 Å². The molecule has 1 N–H and O–H groups in total. The van der Waals surface area contributed by atoms with Gasteiger partial charge >= 0.3 is 0 Å². The van der Waals surface area contributed by atoms with Gasteiger partial charge in [-0.25, -0.2) is 0 Å². The van der Waals surface area contributed by atoms with Crippen molar-refractivity contribution in [3.63, 3.8) is 0 Å². The van der Waals surface area contributed by atoms with Crippen LogP contribution in [0.2, 0.25) is 0 Å². The minimum atomic E-state index is -0.117. The van der Waals surface area contributed by atoms with Crippen molar-refractivity contribution >= 4 is 16.7 Å². The first-order valence-electron chi connectivity index (χ1n) is 12.0. The number of carbonyl (C=O) groups excluding carboxylic acids is 1. The van der Waals surface area contributed by atoms with Gasteiger partial charge in [0.05, 0.1) is 11.6 Å². The summed E-state index contributed by atoms with van der Waals surface area (Å²) in [4.78, 5) is 17.4. The Kier molecular flexibility index (Phi) is 6.48. The number of nitriles is 1. The van der Waals surface area contributed by atoms with E-state index in [9.17, 15) is 4.79 Å². The number of benzene rings is 3. The van der Waals surface area contributed by atoms with Crippen LogP contribution in [0.15, 0.2) is 60.7 Å². The maximum atomic E-state index is 12.7. The van der Waals surface area contributed by atoms with Gasteiger partial charge in [-0.15, -0.1) is 0 Å². The van der Waals surface area contributed by atoms with E-state index in [0.29, 0.717) is 11.1 Å². The summed E-state index contributed by atoms with van der Waals surface area (Å²) in [5, 5.41) is 14.6. The van der Waals surface area contributed by atoms with Gasteiger partial charge in [0.1, 0.15) is 11.9 Å². The van der Waals surface area contributed by atoms with Crippen LogP contribution in [0.4, 0.5) is 0 Å². The van der Waals surface area contributed by atoms with Gasteiger partial charge in [0, 0.05) is 49.7 Å². The molecule has 5 rings (SSSR count). The monoisotopic (exact) mass is 454 g/mol. The smallest absolute Gasteiger partial charge is 0.251 e. The molecule has 2 aliphatic heterocycles. The number of amides is 1. The number of hydrogen-bond acceptors (Lipinski definition) is 5. The molecule has 0 spiro atoms. The molecule has 34 heavy (non-hydrogen) atoms. The fourth-order valence-corrected chi connectivity index (χ4v) is 5.08. The molecule has 174 valence electrons. The maximum Gasteiger partial charge on any atom is 0.251 e. The van der Waals surface area contributed by atoms with Crippen molar-refractivity contribution in [3.8, 4) is 11.8 Å². The van der Waals surface area contributed by atoms with Crippen molar-refractivity contribution in [3.05, 3.63) is 77.4 Å². The highest BCUT2D eigenvalue weighted by Gasteiger charge is 2.26. The minimum Gasteiger partial charge on any atom is -0.488 e. The average Bonchev–Trinajstić information content (AvgIpc) is 3.48. The van der Waals surface area contributed by atoms with Crippen LogP contribution in [0.5, 0.6) is 5.75 Å². The third kappa shape index (κ3) is 4.91. The van der Waals surface area contributed by atoms with Crippen LogP contribution in [0.25, 0.3) is 10.8 Å². The highest BCUT2D eigenvalue weighted by atomic mass is 16.5. The molecular weight excluding hydrogens is 424 g/mol. The average molecular weight is 455 g/mol. The van der Waals surface area contributed by atoms with Crippen LogP contribution in [-0.4, -0.2) is 61.1 Å². The van der Waals surface area contributed by atoms with Crippen molar-refractivity contribution in [1.29, 1.82) is 5.26 Å². The molecule has 6 heteroatoms. The number of ether oxygens (including phenoxy) is 1. The largest absolute Gasteiger partial charge is 0.488 e. The molecule has 2 saturated heterocycles. The van der Waals surface area contributed by atoms with Gasteiger partial charge in [-0.05, 0) is 55.1 Å². The highest BCUT2D eigenvalue weighted by Crippen LogP contribution is 2.31. The molecule has 3 aromatic carbocycles. The number of rotatable bonds is 6. The van der Waals surface area contributed by atoms with E-state index in [0.717, 1.165) is 56.7 Å². The molecule has 0 saturated carbocycles. The lowest BCUT2D eigenvalue weighted by molar-refractivity contribution is 0.0937. The molecule has 2 aliphatic rings. The summed E-state index contributed by atoms with van der Waals surface area (Å²) in [5.41, 5.74) is 2.31. The van der Waals surface area contributed by atoms with Crippen LogP contribution < -0.4 is 10.1 Å². The fourth-order valence-electron chi connectivity index (χ4n) is 5.08. The molecular formula is C28H30N4O2. The molecule has 2 heterocycles. The van der Waals surface area contributed by atoms with Crippen molar-refractivity contribution in [2.24, 2.45) is 0 Å². The predicted octanol–water partition coefficient (Wildman–Crippen LogP) is 3.80. The minimum absolute atomic E-state index is 0.103. The lowest BCUT2D eigenvalue weighted by Gasteiger charge is -2.20. The molecule has 0 bridgehead atoms. The first kappa shape index (κ1) is 22.4. The number of likely N-dealkylation sites (N-methyl/N-ethyl adjacent to an activating group) is 1. The quantitative estimate of drug-likeness (QED) is 0.614. The molecule has 0 aromatic heterocycles. The van der Waals surface area contributed by atoms with Crippen LogP contribution in [0, 0.1) is 11.3 Å². The number of fused-ring (bicyclic) bond motifs is 1. The van der Waals surface area contributed by atoms with Gasteiger partial charge in [-0.2, -0.15) is 5.26 Å². The molecule has 1 unspecified atom stereocenters. The van der Waals surface area contributed by atoms with Crippen LogP contribution >= 0.6 is 0 Å². The van der Waals surface area contributed by atoms with E-state index in [1.54, 1.807) is 24.3 Å². The summed E-state index contributed by atoms with van der Waals surface area (Å²) in [6.07, 6.45) is 2.22. The van der Waals surface area contributed by atoms with Gasteiger partial charge < -0.3 is 15.0 Å². The molecule has 0 radical (unpaired) electrons. The zero-order valence-corrected chi connectivity index (χ0v) is 19.5. The zero-order valence-electron chi connectivity index (χ0n) is 19.5. The summed E-state index contributed by atoms with van der Waals surface area (Å²) in [6, 6.07) is 21.8. The first-order valence-corrected chi connectivity index (χ1v) is 12.0. The Bertz CT molecular complexity index is 1230. The predicted molar refractivity (Wildman–Crippen MR) is 133 cm³/mol. The lowest BCUT2D eigenvalue weighted by atomic mass is 10.0. The normalized spacial score (nSPS) is 20.9. The third-order valence-electron chi connectivity index (χ3n) is 6.87. The van der Waals surface area contributed by atoms with Crippen LogP contribution in [0.3, 0.4) is 0 Å². The molecule has 2 fully saturated rings. The van der Waals surface area contributed by atoms with Gasteiger partial charge in [0.15, 0.2) is 0 Å². The third-order valence-corrected chi connectivity index (χ3v) is 6.87. The standard InChI is InChI=1S/C28H30N4O2/c1-31-13-12-24(19-31)34-27-10-9-22(25-7-2-3-8-26(25)27)17-32-14-11-23(18-32)30-28(33)21-6-4-5-20(15-21)16-29/h2-10,15,23-24H,11-14,17-19H2,1H3,(H,30,33)/t23-,24?/m0/s1. The number of hydrogen-bond donors (Lipinski definition) is 1. The van der Waals surface area contributed by atoms with Crippen LogP contribution in [-0.2, 0) is 6.54 Å². The number of likely N-dealkylation sites (tertiary alicyclic amines) is 2. The second-order valence-corrected chi connectivity index (χ2v) is 9.45. The molecule has 6 nitrogen and oxygen atoms in total. The second-order valence-electron chi connectivity index (χ2n) is 9.45. The first-order chi connectivity index (χ1) is 16.6. The Labute approximate surface area is 200 Å². The zero-order chi connectivity index (χ0) is 23.5. The molecule has 1 amide bonds. The van der Waals surface area contributed by atoms with E-state index in [1.807, 2.05) is 0 Å². The highest BCUT2D eigenvalue weighted by molar-refractivity contribution is 5.94. The number of carbonyl (C=O) groups is 1. The number of nitrogens with zero attached hydrogens (tertiary/aromatic N) is 3. The van der Waals surface area contributed by atoms with Gasteiger partial charge in [-0.3, -0.25) is 9.69 Å². The van der Waals surface area contributed by atoms with Crippen molar-refractivity contribution in [2.45, 2.75) is 31.5 Å². The van der Waals surface area contributed by atoms with Crippen molar-refractivity contribution in [1.82, 2.24) is 15.1 Å². The Balaban J connectivity index is 1.25. The van der Waals surface area contributed by atoms with E-state index >= 15 is 0 Å². The fraction of sp³-hybridized carbons (Fsp3) is 0.357. The number of nitrogens with one attached hydrogen (secondary N) is 1. The van der Waals surface area contributed by atoms with E-state index in [1.165, 1.54) is 10.9 Å². The van der Waals surface area contributed by atoms with E-state index in [2.05, 4.69) is 64.6 Å². The Morgan fingerprint density at radius 3 is 2.71 bits per heavy atom. The van der Waals surface area contributed by atoms with E-state index in [-0.39, 0.29) is 18.1 Å². The molecule has 3 aromatic rings. The topological polar surface area (TPSA) is 68.6 Å². The molecule has 0 aliphatic carbocycles. The van der Waals surface area contributed by atoms with Crippen molar-refractivity contribution < 1.29 is 9.53 Å². The van der Waals surface area contributed by atoms with Gasteiger partial charge in [0.25, 0.3) is 5.91 Å². The second kappa shape index (κ2) is 9.84. The Morgan fingerprint density at radius 2 is 1.91 bits per heavy atom. The van der Waals surface area contributed by atoms with Gasteiger partial charge in [-0.1, -0.05) is 36.4 Å². The summed E-state index contributed by atoms with van der Waals surface area (Å²) < 4.78 is 6.38. The summed E-state index contributed by atoms with van der Waals surface area (Å²) >= 11 is 0.